The Morgan fingerprint density at radius 2 is 1.91 bits per heavy atom. The Labute approximate surface area is 202 Å². The van der Waals surface area contributed by atoms with Gasteiger partial charge in [-0.2, -0.15) is 5.26 Å². The SMILES string of the molecule is Cn1c(=O)n(CC(C)(C)C)c2ccc(-c3cc(CN4CCCS(=O)CC4)ccc3C#N)nc21.O. The third-order valence-electron chi connectivity index (χ3n) is 5.98. The zero-order valence-corrected chi connectivity index (χ0v) is 21.1. The number of aromatic nitrogens is 3. The first kappa shape index (κ1) is 25.8. The predicted molar refractivity (Wildman–Crippen MR) is 136 cm³/mol. The number of benzene rings is 1. The van der Waals surface area contributed by atoms with Gasteiger partial charge >= 0.3 is 5.69 Å². The molecule has 1 aliphatic heterocycles. The summed E-state index contributed by atoms with van der Waals surface area (Å²) in [5.41, 5.74) is 4.39. The highest BCUT2D eigenvalue weighted by atomic mass is 32.2. The lowest BCUT2D eigenvalue weighted by Crippen LogP contribution is -2.27. The molecular formula is C25H33N5O3S. The van der Waals surface area contributed by atoms with Crippen LogP contribution in [0.25, 0.3) is 22.4 Å². The molecule has 1 fully saturated rings. The van der Waals surface area contributed by atoms with E-state index in [1.54, 1.807) is 16.2 Å². The van der Waals surface area contributed by atoms with Crippen LogP contribution in [0.4, 0.5) is 0 Å². The van der Waals surface area contributed by atoms with Crippen molar-refractivity contribution in [3.8, 4) is 17.3 Å². The van der Waals surface area contributed by atoms with E-state index >= 15 is 0 Å². The number of rotatable bonds is 4. The van der Waals surface area contributed by atoms with Crippen LogP contribution in [0.2, 0.25) is 0 Å². The molecule has 8 nitrogen and oxygen atoms in total. The van der Waals surface area contributed by atoms with Gasteiger partial charge in [0.1, 0.15) is 0 Å². The summed E-state index contributed by atoms with van der Waals surface area (Å²) in [5.74, 6) is 1.48. The molecule has 0 spiro atoms. The van der Waals surface area contributed by atoms with Gasteiger partial charge in [0.05, 0.1) is 22.8 Å². The van der Waals surface area contributed by atoms with E-state index in [0.717, 1.165) is 48.5 Å². The van der Waals surface area contributed by atoms with Gasteiger partial charge in [0.2, 0.25) is 0 Å². The highest BCUT2D eigenvalue weighted by Gasteiger charge is 2.20. The molecule has 1 aromatic carbocycles. The lowest BCUT2D eigenvalue weighted by Gasteiger charge is -2.20. The number of pyridine rings is 1. The average Bonchev–Trinajstić information content (AvgIpc) is 2.90. The molecule has 0 radical (unpaired) electrons. The lowest BCUT2D eigenvalue weighted by molar-refractivity contribution is 0.287. The molecule has 2 aromatic heterocycles. The number of hydrogen-bond donors (Lipinski definition) is 0. The summed E-state index contributed by atoms with van der Waals surface area (Å²) in [6, 6.07) is 12.0. The second kappa shape index (κ2) is 10.2. The van der Waals surface area contributed by atoms with Crippen molar-refractivity contribution in [2.45, 2.75) is 40.3 Å². The highest BCUT2D eigenvalue weighted by Crippen LogP contribution is 2.27. The minimum absolute atomic E-state index is 0. The van der Waals surface area contributed by atoms with E-state index in [0.29, 0.717) is 29.2 Å². The number of fused-ring (bicyclic) bond motifs is 1. The standard InChI is InChI=1S/C25H31N5O2S.H2O/c1-25(2,3)17-30-22-9-8-21(27-23(22)28(4)24(30)31)20-14-18(6-7-19(20)15-26)16-29-10-5-12-33(32)13-11-29;/h6-9,14H,5,10-13,16-17H2,1-4H3;1H2. The predicted octanol–water partition coefficient (Wildman–Crippen LogP) is 2.45. The molecule has 1 aliphatic rings. The Kier molecular flexibility index (Phi) is 7.76. The quantitative estimate of drug-likeness (QED) is 0.565. The van der Waals surface area contributed by atoms with Crippen LogP contribution in [-0.4, -0.2) is 53.3 Å². The van der Waals surface area contributed by atoms with Gasteiger partial charge in [-0.3, -0.25) is 18.2 Å². The van der Waals surface area contributed by atoms with Gasteiger partial charge in [-0.25, -0.2) is 9.78 Å². The van der Waals surface area contributed by atoms with Crippen molar-refractivity contribution in [2.24, 2.45) is 12.5 Å². The molecule has 1 atom stereocenters. The van der Waals surface area contributed by atoms with Crippen LogP contribution in [0.3, 0.4) is 0 Å². The molecule has 2 N–H and O–H groups in total. The van der Waals surface area contributed by atoms with Crippen LogP contribution in [0.5, 0.6) is 0 Å². The van der Waals surface area contributed by atoms with Crippen molar-refractivity contribution in [3.05, 3.63) is 51.9 Å². The van der Waals surface area contributed by atoms with Crippen LogP contribution >= 0.6 is 0 Å². The van der Waals surface area contributed by atoms with Crippen molar-refractivity contribution in [2.75, 3.05) is 24.6 Å². The van der Waals surface area contributed by atoms with Crippen LogP contribution < -0.4 is 5.69 Å². The van der Waals surface area contributed by atoms with Gasteiger partial charge in [0.25, 0.3) is 0 Å². The van der Waals surface area contributed by atoms with E-state index in [-0.39, 0.29) is 16.6 Å². The maximum atomic E-state index is 12.9. The number of aryl methyl sites for hydroxylation is 1. The van der Waals surface area contributed by atoms with E-state index < -0.39 is 10.8 Å². The zero-order valence-electron chi connectivity index (χ0n) is 20.3. The van der Waals surface area contributed by atoms with E-state index in [1.165, 1.54) is 0 Å². The normalized spacial score (nSPS) is 17.2. The maximum Gasteiger partial charge on any atom is 0.330 e. The number of nitriles is 1. The second-order valence-corrected chi connectivity index (χ2v) is 11.7. The Balaban J connectivity index is 0.00000324. The van der Waals surface area contributed by atoms with Crippen LogP contribution in [0.1, 0.15) is 38.3 Å². The first-order valence-electron chi connectivity index (χ1n) is 11.3. The van der Waals surface area contributed by atoms with Crippen molar-refractivity contribution in [1.82, 2.24) is 19.0 Å². The van der Waals surface area contributed by atoms with E-state index in [9.17, 15) is 14.3 Å². The molecule has 0 amide bonds. The Bertz CT molecular complexity index is 1310. The molecule has 0 bridgehead atoms. The molecule has 1 unspecified atom stereocenters. The van der Waals surface area contributed by atoms with Gasteiger partial charge in [-0.1, -0.05) is 26.8 Å². The Morgan fingerprint density at radius 3 is 2.62 bits per heavy atom. The molecule has 9 heteroatoms. The average molecular weight is 484 g/mol. The topological polar surface area (TPSA) is 115 Å². The maximum absolute atomic E-state index is 12.9. The number of nitrogens with zero attached hydrogens (tertiary/aromatic N) is 5. The molecule has 0 aliphatic carbocycles. The number of imidazole rings is 1. The second-order valence-electron chi connectivity index (χ2n) is 10.00. The fourth-order valence-electron chi connectivity index (χ4n) is 4.36. The first-order chi connectivity index (χ1) is 15.7. The zero-order chi connectivity index (χ0) is 23.8. The van der Waals surface area contributed by atoms with E-state index in [4.69, 9.17) is 4.98 Å². The van der Waals surface area contributed by atoms with Gasteiger partial charge in [0.15, 0.2) is 5.65 Å². The van der Waals surface area contributed by atoms with Gasteiger partial charge < -0.3 is 5.48 Å². The lowest BCUT2D eigenvalue weighted by atomic mass is 9.97. The third-order valence-corrected chi connectivity index (χ3v) is 7.36. The Hall–Kier alpha value is -2.80. The minimum Gasteiger partial charge on any atom is -0.412 e. The molecule has 34 heavy (non-hydrogen) atoms. The van der Waals surface area contributed by atoms with Crippen molar-refractivity contribution >= 4 is 22.0 Å². The largest absolute Gasteiger partial charge is 0.412 e. The molecule has 4 rings (SSSR count). The summed E-state index contributed by atoms with van der Waals surface area (Å²) in [5, 5.41) is 9.72. The summed E-state index contributed by atoms with van der Waals surface area (Å²) in [7, 11) is 1.02. The van der Waals surface area contributed by atoms with Gasteiger partial charge in [-0.05, 0) is 48.2 Å². The van der Waals surface area contributed by atoms with Crippen molar-refractivity contribution < 1.29 is 9.69 Å². The summed E-state index contributed by atoms with van der Waals surface area (Å²) in [6.07, 6.45) is 0.938. The van der Waals surface area contributed by atoms with Crippen LogP contribution in [0.15, 0.2) is 35.1 Å². The molecule has 3 aromatic rings. The van der Waals surface area contributed by atoms with Crippen molar-refractivity contribution in [1.29, 1.82) is 5.26 Å². The fraction of sp³-hybridized carbons (Fsp3) is 0.480. The molecule has 1 saturated heterocycles. The molecular weight excluding hydrogens is 450 g/mol. The summed E-state index contributed by atoms with van der Waals surface area (Å²) < 4.78 is 15.2. The van der Waals surface area contributed by atoms with Crippen molar-refractivity contribution in [3.63, 3.8) is 0 Å². The fourth-order valence-corrected chi connectivity index (χ4v) is 5.48. The third kappa shape index (κ3) is 5.46. The van der Waals surface area contributed by atoms with Crippen LogP contribution in [0, 0.1) is 16.7 Å². The summed E-state index contributed by atoms with van der Waals surface area (Å²) >= 11 is 0. The van der Waals surface area contributed by atoms with E-state index in [2.05, 4.69) is 31.7 Å². The van der Waals surface area contributed by atoms with E-state index in [1.807, 2.05) is 30.3 Å². The Morgan fingerprint density at radius 1 is 1.15 bits per heavy atom. The van der Waals surface area contributed by atoms with Gasteiger partial charge in [-0.15, -0.1) is 0 Å². The van der Waals surface area contributed by atoms with Crippen LogP contribution in [-0.2, 0) is 30.9 Å². The highest BCUT2D eigenvalue weighted by molar-refractivity contribution is 7.85. The minimum atomic E-state index is -0.722. The monoisotopic (exact) mass is 483 g/mol. The summed E-state index contributed by atoms with van der Waals surface area (Å²) in [4.78, 5) is 20.0. The first-order valence-corrected chi connectivity index (χ1v) is 12.8. The summed E-state index contributed by atoms with van der Waals surface area (Å²) in [6.45, 7) is 9.40. The number of hydrogen-bond acceptors (Lipinski definition) is 5. The van der Waals surface area contributed by atoms with Gasteiger partial charge in [0, 0.05) is 54.6 Å². The molecule has 0 saturated carbocycles. The molecule has 182 valence electrons. The molecule has 3 heterocycles. The smallest absolute Gasteiger partial charge is 0.330 e.